The molecule has 1 aromatic heterocycles. The highest BCUT2D eigenvalue weighted by atomic mass is 127. The lowest BCUT2D eigenvalue weighted by atomic mass is 10.1. The molecule has 6 heteroatoms. The maximum atomic E-state index is 10.3. The number of aliphatic hydroxyl groups excluding tert-OH is 1. The molecule has 0 spiro atoms. The van der Waals surface area contributed by atoms with Crippen LogP contribution in [-0.4, -0.2) is 17.6 Å². The fourth-order valence-electron chi connectivity index (χ4n) is 2.68. The number of rotatable bonds is 4. The molecule has 0 radical (unpaired) electrons. The Kier molecular flexibility index (Phi) is 6.80. The molecule has 1 heterocycles. The van der Waals surface area contributed by atoms with Crippen LogP contribution in [0.3, 0.4) is 0 Å². The van der Waals surface area contributed by atoms with Gasteiger partial charge in [0.05, 0.1) is 6.54 Å². The number of guanidine groups is 1. The molecule has 0 aliphatic heterocycles. The number of nitrogens with one attached hydrogen (secondary N) is 1. The van der Waals surface area contributed by atoms with Crippen LogP contribution in [0.2, 0.25) is 0 Å². The Hall–Kier alpha value is -1.64. The van der Waals surface area contributed by atoms with Crippen molar-refractivity contribution in [3.05, 3.63) is 64.5 Å². The van der Waals surface area contributed by atoms with E-state index >= 15 is 0 Å². The molecule has 2 aromatic carbocycles. The van der Waals surface area contributed by atoms with Gasteiger partial charge in [-0.15, -0.1) is 35.3 Å². The third-order valence-corrected chi connectivity index (χ3v) is 4.92. The monoisotopic (exact) mass is 467 g/mol. The molecule has 0 bridgehead atoms. The van der Waals surface area contributed by atoms with Crippen LogP contribution >= 0.6 is 35.3 Å². The molecule has 1 atom stereocenters. The molecule has 25 heavy (non-hydrogen) atoms. The largest absolute Gasteiger partial charge is 0.386 e. The number of nitrogens with two attached hydrogens (primary N) is 1. The summed E-state index contributed by atoms with van der Waals surface area (Å²) in [5, 5.41) is 14.6. The average molecular weight is 467 g/mol. The van der Waals surface area contributed by atoms with Gasteiger partial charge in [0.15, 0.2) is 5.96 Å². The molecule has 0 fully saturated rings. The third-order valence-electron chi connectivity index (χ3n) is 3.70. The first kappa shape index (κ1) is 19.7. The van der Waals surface area contributed by atoms with Gasteiger partial charge in [-0.05, 0) is 54.6 Å². The second-order valence-corrected chi connectivity index (χ2v) is 7.05. The van der Waals surface area contributed by atoms with E-state index in [9.17, 15) is 5.11 Å². The van der Waals surface area contributed by atoms with Gasteiger partial charge in [-0.1, -0.05) is 24.3 Å². The van der Waals surface area contributed by atoms with E-state index < -0.39 is 6.10 Å². The van der Waals surface area contributed by atoms with Crippen molar-refractivity contribution < 1.29 is 5.11 Å². The second kappa shape index (κ2) is 8.64. The summed E-state index contributed by atoms with van der Waals surface area (Å²) < 4.78 is 1.16. The van der Waals surface area contributed by atoms with Crippen molar-refractivity contribution in [1.82, 2.24) is 0 Å². The molecule has 3 aromatic rings. The number of benzene rings is 2. The second-order valence-electron chi connectivity index (χ2n) is 5.93. The number of fused-ring (bicyclic) bond motifs is 1. The maximum absolute atomic E-state index is 10.3. The Bertz CT molecular complexity index is 838. The highest BCUT2D eigenvalue weighted by molar-refractivity contribution is 14.0. The fraction of sp³-hybridized carbons (Fsp3) is 0.211. The molecule has 1 unspecified atom stereocenters. The summed E-state index contributed by atoms with van der Waals surface area (Å²) in [6.45, 7) is 4.31. The molecule has 132 valence electrons. The topological polar surface area (TPSA) is 70.6 Å². The standard InChI is InChI=1S/C19H21N3OS.HI/c1-12-7-13(2)9-15(8-12)22-19(20)21-11-16(23)18-10-14-5-3-4-6-17(14)24-18;/h3-10,16,23H,11H2,1-2H3,(H3,20,21,22);1H. The zero-order chi connectivity index (χ0) is 17.1. The van der Waals surface area contributed by atoms with Gasteiger partial charge in [-0.2, -0.15) is 0 Å². The zero-order valence-electron chi connectivity index (χ0n) is 14.2. The Morgan fingerprint density at radius 3 is 2.52 bits per heavy atom. The number of aliphatic imine (C=N–C) groups is 1. The molecular formula is C19H22IN3OS. The number of aliphatic hydroxyl groups is 1. The van der Waals surface area contributed by atoms with Crippen LogP contribution < -0.4 is 11.1 Å². The van der Waals surface area contributed by atoms with Crippen molar-refractivity contribution in [2.75, 3.05) is 11.9 Å². The van der Waals surface area contributed by atoms with Crippen molar-refractivity contribution in [3.8, 4) is 0 Å². The Labute approximate surface area is 168 Å². The van der Waals surface area contributed by atoms with E-state index in [1.165, 1.54) is 0 Å². The van der Waals surface area contributed by atoms with Crippen molar-refractivity contribution in [2.24, 2.45) is 10.7 Å². The van der Waals surface area contributed by atoms with Crippen molar-refractivity contribution in [3.63, 3.8) is 0 Å². The van der Waals surface area contributed by atoms with E-state index in [0.717, 1.165) is 31.8 Å². The number of hydrogen-bond acceptors (Lipinski definition) is 3. The molecule has 0 aliphatic carbocycles. The first-order valence-electron chi connectivity index (χ1n) is 7.83. The molecule has 0 saturated carbocycles. The van der Waals surface area contributed by atoms with Crippen molar-refractivity contribution in [1.29, 1.82) is 0 Å². The van der Waals surface area contributed by atoms with Gasteiger partial charge in [-0.25, -0.2) is 0 Å². The Morgan fingerprint density at radius 1 is 1.16 bits per heavy atom. The molecule has 4 N–H and O–H groups in total. The number of halogens is 1. The highest BCUT2D eigenvalue weighted by Gasteiger charge is 2.11. The summed E-state index contributed by atoms with van der Waals surface area (Å²) in [6, 6.07) is 16.2. The summed E-state index contributed by atoms with van der Waals surface area (Å²) in [5.41, 5.74) is 9.17. The van der Waals surface area contributed by atoms with E-state index in [-0.39, 0.29) is 30.5 Å². The van der Waals surface area contributed by atoms with Crippen LogP contribution in [0, 0.1) is 13.8 Å². The lowest BCUT2D eigenvalue weighted by Gasteiger charge is -2.09. The lowest BCUT2D eigenvalue weighted by Crippen LogP contribution is -2.23. The number of thiophene rings is 1. The first-order chi connectivity index (χ1) is 11.5. The number of anilines is 1. The van der Waals surface area contributed by atoms with Crippen LogP contribution in [0.4, 0.5) is 5.69 Å². The molecule has 3 rings (SSSR count). The number of hydrogen-bond donors (Lipinski definition) is 3. The molecule has 4 nitrogen and oxygen atoms in total. The Morgan fingerprint density at radius 2 is 1.84 bits per heavy atom. The third kappa shape index (κ3) is 5.17. The molecule has 0 aliphatic rings. The quantitative estimate of drug-likeness (QED) is 0.299. The predicted molar refractivity (Wildman–Crippen MR) is 118 cm³/mol. The van der Waals surface area contributed by atoms with E-state index in [2.05, 4.69) is 22.4 Å². The van der Waals surface area contributed by atoms with E-state index in [1.54, 1.807) is 11.3 Å². The van der Waals surface area contributed by atoms with E-state index in [4.69, 9.17) is 5.73 Å². The highest BCUT2D eigenvalue weighted by Crippen LogP contribution is 2.29. The summed E-state index contributed by atoms with van der Waals surface area (Å²) in [5.74, 6) is 0.306. The van der Waals surface area contributed by atoms with E-state index in [0.29, 0.717) is 5.96 Å². The Balaban J connectivity index is 0.00000225. The number of aryl methyl sites for hydroxylation is 2. The van der Waals surface area contributed by atoms with Gasteiger partial charge in [-0.3, -0.25) is 4.99 Å². The van der Waals surface area contributed by atoms with Gasteiger partial charge < -0.3 is 16.2 Å². The van der Waals surface area contributed by atoms with Crippen LogP contribution in [0.25, 0.3) is 10.1 Å². The lowest BCUT2D eigenvalue weighted by molar-refractivity contribution is 0.191. The van der Waals surface area contributed by atoms with E-state index in [1.807, 2.05) is 50.2 Å². The molecule has 0 amide bonds. The average Bonchev–Trinajstić information content (AvgIpc) is 2.95. The van der Waals surface area contributed by atoms with Crippen LogP contribution in [0.1, 0.15) is 22.1 Å². The van der Waals surface area contributed by atoms with Crippen LogP contribution in [-0.2, 0) is 0 Å². The minimum absolute atomic E-state index is 0. The SMILES string of the molecule is Cc1cc(C)cc(NC(N)=NCC(O)c2cc3ccccc3s2)c1.I. The minimum Gasteiger partial charge on any atom is -0.386 e. The van der Waals surface area contributed by atoms with Gasteiger partial charge in [0.25, 0.3) is 0 Å². The molecule has 0 saturated heterocycles. The van der Waals surface area contributed by atoms with Gasteiger partial charge in [0.2, 0.25) is 0 Å². The van der Waals surface area contributed by atoms with Gasteiger partial charge in [0.1, 0.15) is 6.10 Å². The summed E-state index contributed by atoms with van der Waals surface area (Å²) in [7, 11) is 0. The minimum atomic E-state index is -0.651. The van der Waals surface area contributed by atoms with Crippen LogP contribution in [0.15, 0.2) is 53.5 Å². The zero-order valence-corrected chi connectivity index (χ0v) is 17.3. The summed E-state index contributed by atoms with van der Waals surface area (Å²) in [6.07, 6.45) is -0.651. The maximum Gasteiger partial charge on any atom is 0.193 e. The van der Waals surface area contributed by atoms with Crippen molar-refractivity contribution in [2.45, 2.75) is 20.0 Å². The smallest absolute Gasteiger partial charge is 0.193 e. The van der Waals surface area contributed by atoms with Gasteiger partial charge >= 0.3 is 0 Å². The molecular weight excluding hydrogens is 445 g/mol. The predicted octanol–water partition coefficient (Wildman–Crippen LogP) is 4.60. The summed E-state index contributed by atoms with van der Waals surface area (Å²) >= 11 is 1.58. The fourth-order valence-corrected chi connectivity index (χ4v) is 3.72. The first-order valence-corrected chi connectivity index (χ1v) is 8.65. The summed E-state index contributed by atoms with van der Waals surface area (Å²) in [4.78, 5) is 5.17. The van der Waals surface area contributed by atoms with Gasteiger partial charge in [0, 0.05) is 15.3 Å². The van der Waals surface area contributed by atoms with Crippen molar-refractivity contribution >= 4 is 57.0 Å². The number of nitrogens with zero attached hydrogens (tertiary/aromatic N) is 1. The normalized spacial score (nSPS) is 12.7. The van der Waals surface area contributed by atoms with Crippen LogP contribution in [0.5, 0.6) is 0 Å².